The lowest BCUT2D eigenvalue weighted by molar-refractivity contribution is -0.184. The van der Waals surface area contributed by atoms with E-state index in [0.717, 1.165) is 6.42 Å². The molecule has 2 nitrogen and oxygen atoms in total. The summed E-state index contributed by atoms with van der Waals surface area (Å²) in [5.74, 6) is 1.06. The van der Waals surface area contributed by atoms with Crippen LogP contribution in [0.5, 0.6) is 0 Å². The van der Waals surface area contributed by atoms with Crippen molar-refractivity contribution in [1.82, 2.24) is 0 Å². The molecule has 4 aliphatic carbocycles. The molecule has 180 valence electrons. The van der Waals surface area contributed by atoms with E-state index in [4.69, 9.17) is 0 Å². The van der Waals surface area contributed by atoms with Crippen LogP contribution in [0.2, 0.25) is 0 Å². The van der Waals surface area contributed by atoms with Crippen molar-refractivity contribution in [2.75, 3.05) is 0 Å². The maximum absolute atomic E-state index is 11.6. The molecule has 0 spiro atoms. The van der Waals surface area contributed by atoms with Crippen molar-refractivity contribution >= 4 is 5.97 Å². The SMILES string of the molecule is C=C(C)[C@@H]1CC[C@]2(C)C(CC[C@@H]3C4=CC(C)(C)CC[C@]4(C)CC[C@]32C)[C@@]1(C)CCC(=O)O. The Bertz CT molecular complexity index is 836. The molecule has 1 unspecified atom stereocenters. The molecule has 4 rings (SSSR count). The number of carboxylic acids is 1. The van der Waals surface area contributed by atoms with Gasteiger partial charge in [0.1, 0.15) is 0 Å². The van der Waals surface area contributed by atoms with Gasteiger partial charge in [0.15, 0.2) is 0 Å². The lowest BCUT2D eigenvalue weighted by Crippen LogP contribution is -2.62. The molecule has 0 bridgehead atoms. The molecule has 0 aromatic carbocycles. The highest BCUT2D eigenvalue weighted by Gasteiger charge is 2.66. The second-order valence-corrected chi connectivity index (χ2v) is 14.0. The number of carbonyl (C=O) groups is 1. The highest BCUT2D eigenvalue weighted by atomic mass is 16.4. The number of fused-ring (bicyclic) bond motifs is 5. The Morgan fingerprint density at radius 2 is 1.62 bits per heavy atom. The van der Waals surface area contributed by atoms with Crippen molar-refractivity contribution in [3.8, 4) is 0 Å². The molecule has 2 heteroatoms. The van der Waals surface area contributed by atoms with Gasteiger partial charge in [0.25, 0.3) is 0 Å². The van der Waals surface area contributed by atoms with E-state index in [9.17, 15) is 9.90 Å². The summed E-state index contributed by atoms with van der Waals surface area (Å²) in [5.41, 5.74) is 4.37. The predicted molar refractivity (Wildman–Crippen MR) is 133 cm³/mol. The van der Waals surface area contributed by atoms with Crippen LogP contribution in [-0.2, 0) is 4.79 Å². The standard InChI is InChI=1S/C30H48O2/c1-20(2)21-11-14-30(8)24(28(21,6)13-12-25(31)32)10-9-22-23-19-26(3,4)15-16-27(23,5)17-18-29(22,30)7/h19,21-22,24H,1,9-18H2,2-8H3,(H,31,32)/t21-,22+,24?,27+,28-,29+,30+/m0/s1. The zero-order chi connectivity index (χ0) is 23.7. The van der Waals surface area contributed by atoms with Crippen LogP contribution in [-0.4, -0.2) is 11.1 Å². The van der Waals surface area contributed by atoms with Gasteiger partial charge in [-0.1, -0.05) is 65.3 Å². The highest BCUT2D eigenvalue weighted by Crippen LogP contribution is 2.74. The topological polar surface area (TPSA) is 37.3 Å². The van der Waals surface area contributed by atoms with Gasteiger partial charge in [-0.05, 0) is 110 Å². The van der Waals surface area contributed by atoms with Crippen molar-refractivity contribution in [2.45, 2.75) is 113 Å². The molecule has 0 radical (unpaired) electrons. The van der Waals surface area contributed by atoms with Crippen LogP contribution in [0.3, 0.4) is 0 Å². The van der Waals surface area contributed by atoms with Gasteiger partial charge < -0.3 is 5.11 Å². The number of allylic oxidation sites excluding steroid dienone is 3. The normalized spacial score (nSPS) is 47.5. The van der Waals surface area contributed by atoms with Crippen LogP contribution in [0.25, 0.3) is 0 Å². The van der Waals surface area contributed by atoms with Crippen LogP contribution in [0.15, 0.2) is 23.8 Å². The fourth-order valence-corrected chi connectivity index (χ4v) is 9.53. The maximum Gasteiger partial charge on any atom is 0.303 e. The first-order valence-corrected chi connectivity index (χ1v) is 13.3. The summed E-state index contributed by atoms with van der Waals surface area (Å²) in [5, 5.41) is 9.56. The summed E-state index contributed by atoms with van der Waals surface area (Å²) >= 11 is 0. The lowest BCUT2D eigenvalue weighted by atomic mass is 9.34. The molecular formula is C30H48O2. The van der Waals surface area contributed by atoms with E-state index in [1.807, 2.05) is 0 Å². The first kappa shape index (κ1) is 24.1. The number of carboxylic acid groups (broad SMARTS) is 1. The largest absolute Gasteiger partial charge is 0.481 e. The van der Waals surface area contributed by atoms with Gasteiger partial charge in [-0.2, -0.15) is 0 Å². The molecule has 0 aliphatic heterocycles. The average molecular weight is 441 g/mol. The van der Waals surface area contributed by atoms with E-state index >= 15 is 0 Å². The Balaban J connectivity index is 1.77. The number of rotatable bonds is 4. The number of aliphatic carboxylic acids is 1. The van der Waals surface area contributed by atoms with Gasteiger partial charge in [-0.15, -0.1) is 0 Å². The highest BCUT2D eigenvalue weighted by molar-refractivity contribution is 5.66. The molecule has 0 aromatic rings. The van der Waals surface area contributed by atoms with Gasteiger partial charge in [0.2, 0.25) is 0 Å². The molecule has 3 fully saturated rings. The van der Waals surface area contributed by atoms with Crippen molar-refractivity contribution in [3.63, 3.8) is 0 Å². The Morgan fingerprint density at radius 3 is 2.25 bits per heavy atom. The first-order valence-electron chi connectivity index (χ1n) is 13.3. The van der Waals surface area contributed by atoms with E-state index in [0.29, 0.717) is 34.0 Å². The molecular weight excluding hydrogens is 392 g/mol. The van der Waals surface area contributed by atoms with Crippen molar-refractivity contribution in [2.24, 2.45) is 44.8 Å². The van der Waals surface area contributed by atoms with Crippen LogP contribution in [0.1, 0.15) is 113 Å². The van der Waals surface area contributed by atoms with Gasteiger partial charge in [-0.25, -0.2) is 0 Å². The summed E-state index contributed by atoms with van der Waals surface area (Å²) in [6.07, 6.45) is 14.0. The minimum absolute atomic E-state index is 0.0339. The fraction of sp³-hybridized carbons (Fsp3) is 0.833. The van der Waals surface area contributed by atoms with Gasteiger partial charge >= 0.3 is 5.97 Å². The van der Waals surface area contributed by atoms with E-state index in [1.165, 1.54) is 56.9 Å². The third-order valence-corrected chi connectivity index (χ3v) is 11.7. The van der Waals surface area contributed by atoms with Crippen molar-refractivity contribution < 1.29 is 9.90 Å². The third kappa shape index (κ3) is 3.37. The van der Waals surface area contributed by atoms with E-state index in [1.54, 1.807) is 5.57 Å². The summed E-state index contributed by atoms with van der Waals surface area (Å²) in [7, 11) is 0. The van der Waals surface area contributed by atoms with Crippen molar-refractivity contribution in [1.29, 1.82) is 0 Å². The monoisotopic (exact) mass is 440 g/mol. The van der Waals surface area contributed by atoms with Crippen LogP contribution >= 0.6 is 0 Å². The molecule has 1 N–H and O–H groups in total. The quantitative estimate of drug-likeness (QED) is 0.445. The van der Waals surface area contributed by atoms with E-state index < -0.39 is 5.97 Å². The second kappa shape index (κ2) is 7.47. The van der Waals surface area contributed by atoms with Crippen LogP contribution in [0, 0.1) is 44.8 Å². The smallest absolute Gasteiger partial charge is 0.303 e. The summed E-state index contributed by atoms with van der Waals surface area (Å²) in [6.45, 7) is 21.6. The maximum atomic E-state index is 11.6. The number of hydrogen-bond donors (Lipinski definition) is 1. The van der Waals surface area contributed by atoms with Crippen LogP contribution < -0.4 is 0 Å². The zero-order valence-corrected chi connectivity index (χ0v) is 21.9. The molecule has 0 heterocycles. The lowest BCUT2D eigenvalue weighted by Gasteiger charge is -2.70. The second-order valence-electron chi connectivity index (χ2n) is 14.0. The zero-order valence-electron chi connectivity index (χ0n) is 21.9. The Kier molecular flexibility index (Phi) is 5.63. The Hall–Kier alpha value is -1.05. The van der Waals surface area contributed by atoms with Crippen LogP contribution in [0.4, 0.5) is 0 Å². The minimum Gasteiger partial charge on any atom is -0.481 e. The molecule has 3 saturated carbocycles. The molecule has 4 aliphatic rings. The third-order valence-electron chi connectivity index (χ3n) is 11.7. The average Bonchev–Trinajstić information content (AvgIpc) is 2.68. The van der Waals surface area contributed by atoms with E-state index in [-0.39, 0.29) is 17.3 Å². The molecule has 0 aromatic heterocycles. The first-order chi connectivity index (χ1) is 14.7. The summed E-state index contributed by atoms with van der Waals surface area (Å²) in [4.78, 5) is 11.6. The van der Waals surface area contributed by atoms with Gasteiger partial charge in [0, 0.05) is 6.42 Å². The summed E-state index contributed by atoms with van der Waals surface area (Å²) in [6, 6.07) is 0. The molecule has 0 amide bonds. The van der Waals surface area contributed by atoms with Gasteiger partial charge in [0.05, 0.1) is 0 Å². The predicted octanol–water partition coefficient (Wildman–Crippen LogP) is 8.43. The van der Waals surface area contributed by atoms with Gasteiger partial charge in [-0.3, -0.25) is 4.79 Å². The summed E-state index contributed by atoms with van der Waals surface area (Å²) < 4.78 is 0. The Morgan fingerprint density at radius 1 is 0.969 bits per heavy atom. The molecule has 7 atom stereocenters. The fourth-order valence-electron chi connectivity index (χ4n) is 9.53. The van der Waals surface area contributed by atoms with Crippen molar-refractivity contribution in [3.05, 3.63) is 23.8 Å². The molecule has 32 heavy (non-hydrogen) atoms. The number of hydrogen-bond acceptors (Lipinski definition) is 1. The Labute approximate surface area is 197 Å². The van der Waals surface area contributed by atoms with E-state index in [2.05, 4.69) is 61.1 Å². The minimum atomic E-state index is -0.651. The molecule has 0 saturated heterocycles.